The van der Waals surface area contributed by atoms with E-state index in [1.165, 1.54) is 11.1 Å². The first kappa shape index (κ1) is 29.4. The van der Waals surface area contributed by atoms with Crippen molar-refractivity contribution in [3.05, 3.63) is 58.2 Å². The summed E-state index contributed by atoms with van der Waals surface area (Å²) in [7, 11) is 0. The fourth-order valence-electron chi connectivity index (χ4n) is 5.80. The van der Waals surface area contributed by atoms with Gasteiger partial charge in [-0.3, -0.25) is 4.79 Å². The molecule has 1 saturated heterocycles. The lowest BCUT2D eigenvalue weighted by molar-refractivity contribution is -0.219. The molecule has 0 amide bonds. The normalized spacial score (nSPS) is 33.5. The molecular weight excluding hydrogens is 440 g/mol. The molecule has 0 radical (unpaired) electrons. The minimum atomic E-state index is -1.16. The molecule has 2 fully saturated rings. The van der Waals surface area contributed by atoms with Crippen LogP contribution in [0.3, 0.4) is 0 Å². The first-order chi connectivity index (χ1) is 16.5. The zero-order chi connectivity index (χ0) is 26.2. The Labute approximate surface area is 212 Å². The Morgan fingerprint density at radius 2 is 1.91 bits per heavy atom. The molecule has 196 valence electrons. The van der Waals surface area contributed by atoms with Gasteiger partial charge in [0.1, 0.15) is 6.29 Å². The van der Waals surface area contributed by atoms with E-state index >= 15 is 0 Å². The van der Waals surface area contributed by atoms with Crippen LogP contribution >= 0.6 is 0 Å². The smallest absolute Gasteiger partial charge is 0.164 e. The highest BCUT2D eigenvalue weighted by Crippen LogP contribution is 2.60. The van der Waals surface area contributed by atoms with Crippen LogP contribution in [0.1, 0.15) is 86.5 Å². The number of hydrogen-bond acceptors (Lipinski definition) is 5. The van der Waals surface area contributed by atoms with Gasteiger partial charge < -0.3 is 20.1 Å². The van der Waals surface area contributed by atoms with E-state index in [9.17, 15) is 20.1 Å². The molecule has 0 aromatic rings. The number of carbonyl (C=O) groups excluding carboxylic acids is 1. The van der Waals surface area contributed by atoms with Crippen LogP contribution in [0.25, 0.3) is 0 Å². The number of hydrogen-bond donors (Lipinski definition) is 3. The number of allylic oxidation sites excluding steroid dienone is 9. The first-order valence-corrected chi connectivity index (χ1v) is 13.0. The van der Waals surface area contributed by atoms with Crippen molar-refractivity contribution >= 4 is 6.29 Å². The molecular formula is C30H46O5. The molecule has 1 aliphatic heterocycles. The van der Waals surface area contributed by atoms with Gasteiger partial charge in [0, 0.05) is 6.61 Å². The van der Waals surface area contributed by atoms with Gasteiger partial charge in [-0.25, -0.2) is 0 Å². The minimum absolute atomic E-state index is 0.0214. The Hall–Kier alpha value is -1.79. The van der Waals surface area contributed by atoms with Crippen molar-refractivity contribution in [2.24, 2.45) is 11.3 Å². The van der Waals surface area contributed by atoms with Gasteiger partial charge in [-0.1, -0.05) is 52.7 Å². The molecule has 5 atom stereocenters. The lowest BCUT2D eigenvalue weighted by atomic mass is 9.53. The van der Waals surface area contributed by atoms with Crippen LogP contribution in [-0.4, -0.2) is 46.2 Å². The van der Waals surface area contributed by atoms with Gasteiger partial charge in [0.25, 0.3) is 0 Å². The van der Waals surface area contributed by atoms with Gasteiger partial charge in [-0.05, 0) is 98.0 Å². The molecule has 0 aromatic heterocycles. The number of rotatable bonds is 10. The van der Waals surface area contributed by atoms with Crippen molar-refractivity contribution in [2.45, 2.75) is 104 Å². The van der Waals surface area contributed by atoms with E-state index in [0.29, 0.717) is 37.7 Å². The van der Waals surface area contributed by atoms with Crippen molar-refractivity contribution in [2.75, 3.05) is 6.61 Å². The zero-order valence-electron chi connectivity index (χ0n) is 22.5. The van der Waals surface area contributed by atoms with E-state index in [0.717, 1.165) is 30.3 Å². The topological polar surface area (TPSA) is 87.0 Å². The quantitative estimate of drug-likeness (QED) is 0.159. The third-order valence-electron chi connectivity index (χ3n) is 7.82. The van der Waals surface area contributed by atoms with Gasteiger partial charge in [0.05, 0.1) is 17.1 Å². The molecule has 0 aromatic carbocycles. The standard InChI is InChI=1S/C30H46O5/c1-21(2)10-7-11-22(3)12-8-13-23(4)18-25-19-30(28(33)35-25)27(14-9-17-31)26(24(5)20-32)15-16-29(30,6)34/h8,10,12-13,18,20,25,27-28,31,33-34H,7,9,11,14-17,19H2,1-6H3/b13-8+,22-12+,23-18+,26-24+/t25-,27+,28-,29-,30-/m0/s1. The fourth-order valence-corrected chi connectivity index (χ4v) is 5.80. The van der Waals surface area contributed by atoms with Crippen LogP contribution < -0.4 is 0 Å². The number of ether oxygens (including phenoxy) is 1. The monoisotopic (exact) mass is 486 g/mol. The maximum atomic E-state index is 11.6. The number of aliphatic hydroxyl groups is 3. The predicted octanol–water partition coefficient (Wildman–Crippen LogP) is 5.72. The molecule has 35 heavy (non-hydrogen) atoms. The number of aliphatic hydroxyl groups excluding tert-OH is 2. The Bertz CT molecular complexity index is 884. The Morgan fingerprint density at radius 3 is 2.54 bits per heavy atom. The molecule has 1 heterocycles. The second kappa shape index (κ2) is 13.0. The zero-order valence-corrected chi connectivity index (χ0v) is 22.5. The van der Waals surface area contributed by atoms with Crippen molar-refractivity contribution in [3.63, 3.8) is 0 Å². The van der Waals surface area contributed by atoms with Gasteiger partial charge >= 0.3 is 0 Å². The van der Waals surface area contributed by atoms with E-state index in [2.05, 4.69) is 32.9 Å². The van der Waals surface area contributed by atoms with Crippen LogP contribution in [0.2, 0.25) is 0 Å². The predicted molar refractivity (Wildman–Crippen MR) is 142 cm³/mol. The summed E-state index contributed by atoms with van der Waals surface area (Å²) in [4.78, 5) is 11.6. The molecule has 0 unspecified atom stereocenters. The summed E-state index contributed by atoms with van der Waals surface area (Å²) in [5, 5.41) is 32.3. The van der Waals surface area contributed by atoms with Crippen molar-refractivity contribution in [1.29, 1.82) is 0 Å². The SMILES string of the molecule is CC(C)=CCC/C(C)=C/C=C/C(C)=C/[C@H]1C[C@]2([C@H](CCCO)/C(=C(\C)C=O)CC[C@]2(C)O)[C@@H](O)O1. The van der Waals surface area contributed by atoms with Gasteiger partial charge in [-0.2, -0.15) is 0 Å². The number of aldehydes is 1. The van der Waals surface area contributed by atoms with Crippen molar-refractivity contribution < 1.29 is 24.9 Å². The number of carbonyl (C=O) groups is 1. The molecule has 2 rings (SSSR count). The lowest BCUT2D eigenvalue weighted by Gasteiger charge is -2.53. The maximum Gasteiger partial charge on any atom is 0.164 e. The van der Waals surface area contributed by atoms with Gasteiger partial charge in [-0.15, -0.1) is 0 Å². The second-order valence-electron chi connectivity index (χ2n) is 10.9. The van der Waals surface area contributed by atoms with Crippen LogP contribution in [-0.2, 0) is 9.53 Å². The Kier molecular flexibility index (Phi) is 10.9. The van der Waals surface area contributed by atoms with Crippen LogP contribution in [0.15, 0.2) is 58.2 Å². The van der Waals surface area contributed by atoms with E-state index in [-0.39, 0.29) is 18.6 Å². The molecule has 2 aliphatic rings. The second-order valence-corrected chi connectivity index (χ2v) is 10.9. The molecule has 0 bridgehead atoms. The van der Waals surface area contributed by atoms with Crippen molar-refractivity contribution in [3.8, 4) is 0 Å². The summed E-state index contributed by atoms with van der Waals surface area (Å²) in [6.07, 6.45) is 14.5. The third kappa shape index (κ3) is 7.13. The highest BCUT2D eigenvalue weighted by atomic mass is 16.6. The molecule has 1 spiro atoms. The largest absolute Gasteiger partial charge is 0.396 e. The molecule has 1 aliphatic carbocycles. The highest BCUT2D eigenvalue weighted by Gasteiger charge is 2.64. The average Bonchev–Trinajstić information content (AvgIpc) is 3.10. The first-order valence-electron chi connectivity index (χ1n) is 13.0. The Morgan fingerprint density at radius 1 is 1.20 bits per heavy atom. The molecule has 3 N–H and O–H groups in total. The van der Waals surface area contributed by atoms with Crippen molar-refractivity contribution in [1.82, 2.24) is 0 Å². The van der Waals surface area contributed by atoms with E-state index in [4.69, 9.17) is 4.74 Å². The van der Waals surface area contributed by atoms with Crippen LogP contribution in [0, 0.1) is 11.3 Å². The Balaban J connectivity index is 2.26. The van der Waals surface area contributed by atoms with E-state index < -0.39 is 17.3 Å². The molecule has 5 nitrogen and oxygen atoms in total. The summed E-state index contributed by atoms with van der Waals surface area (Å²) in [6, 6.07) is 0. The third-order valence-corrected chi connectivity index (χ3v) is 7.82. The van der Waals surface area contributed by atoms with Crippen LogP contribution in [0.5, 0.6) is 0 Å². The molecule has 5 heteroatoms. The summed E-state index contributed by atoms with van der Waals surface area (Å²) in [5.41, 5.74) is 3.20. The minimum Gasteiger partial charge on any atom is -0.396 e. The summed E-state index contributed by atoms with van der Waals surface area (Å²) < 4.78 is 6.03. The van der Waals surface area contributed by atoms with Crippen LogP contribution in [0.4, 0.5) is 0 Å². The van der Waals surface area contributed by atoms with Gasteiger partial charge in [0.15, 0.2) is 6.29 Å². The molecule has 1 saturated carbocycles. The lowest BCUT2D eigenvalue weighted by Crippen LogP contribution is -2.58. The maximum absolute atomic E-state index is 11.6. The fraction of sp³-hybridized carbons (Fsp3) is 0.633. The summed E-state index contributed by atoms with van der Waals surface area (Å²) in [5.74, 6) is -0.237. The average molecular weight is 487 g/mol. The van der Waals surface area contributed by atoms with E-state index in [1.54, 1.807) is 13.8 Å². The highest BCUT2D eigenvalue weighted by molar-refractivity contribution is 5.74. The van der Waals surface area contributed by atoms with Gasteiger partial charge in [0.2, 0.25) is 0 Å². The van der Waals surface area contributed by atoms with E-state index in [1.807, 2.05) is 25.2 Å². The summed E-state index contributed by atoms with van der Waals surface area (Å²) >= 11 is 0. The summed E-state index contributed by atoms with van der Waals surface area (Å²) in [6.45, 7) is 12.0.